The van der Waals surface area contributed by atoms with Crippen LogP contribution in [0.4, 0.5) is 5.82 Å². The van der Waals surface area contributed by atoms with E-state index >= 15 is 0 Å². The maximum Gasteiger partial charge on any atom is 0.263 e. The van der Waals surface area contributed by atoms with Gasteiger partial charge >= 0.3 is 0 Å². The van der Waals surface area contributed by atoms with Crippen molar-refractivity contribution in [3.05, 3.63) is 89.6 Å². The lowest BCUT2D eigenvalue weighted by atomic mass is 9.87. The van der Waals surface area contributed by atoms with E-state index in [-0.39, 0.29) is 10.3 Å². The van der Waals surface area contributed by atoms with Crippen LogP contribution in [0, 0.1) is 0 Å². The third-order valence-electron chi connectivity index (χ3n) is 4.86. The van der Waals surface area contributed by atoms with Crippen LogP contribution in [0.3, 0.4) is 0 Å². The van der Waals surface area contributed by atoms with E-state index < -0.39 is 10.0 Å². The second-order valence-corrected chi connectivity index (χ2v) is 10.2. The summed E-state index contributed by atoms with van der Waals surface area (Å²) in [5.41, 5.74) is 3.14. The van der Waals surface area contributed by atoms with Crippen LogP contribution in [0.25, 0.3) is 11.1 Å². The van der Waals surface area contributed by atoms with Gasteiger partial charge in [0.1, 0.15) is 5.82 Å². The summed E-state index contributed by atoms with van der Waals surface area (Å²) in [6.45, 7) is 11.8. The topological polar surface area (TPSA) is 63.5 Å². The Labute approximate surface area is 188 Å². The Hall–Kier alpha value is -2.83. The minimum absolute atomic E-state index is 0.0614. The first kappa shape index (κ1) is 22.8. The molecule has 0 aliphatic rings. The maximum absolute atomic E-state index is 13.0. The molecule has 0 radical (unpaired) electrons. The van der Waals surface area contributed by atoms with Crippen molar-refractivity contribution in [1.82, 2.24) is 9.61 Å². The van der Waals surface area contributed by atoms with E-state index in [1.54, 1.807) is 30.3 Å². The molecule has 0 aliphatic heterocycles. The van der Waals surface area contributed by atoms with Gasteiger partial charge < -0.3 is 0 Å². The number of sulfonamides is 1. The summed E-state index contributed by atoms with van der Waals surface area (Å²) >= 11 is 6.35. The van der Waals surface area contributed by atoms with Crippen molar-refractivity contribution >= 4 is 38.5 Å². The standard InChI is InChI=1S/C24H26ClN3O2S/c1-6-8-9-17(7-2)21-16-22-20(25)14-15-23(28(22)26-21)27-31(29,30)19-12-10-18(11-13-19)24(3,4)5/h6-16,27H,1H2,2-5H3/b9-8-,17-7+. The van der Waals surface area contributed by atoms with Gasteiger partial charge in [-0.1, -0.05) is 75.4 Å². The van der Waals surface area contributed by atoms with Gasteiger partial charge in [0.25, 0.3) is 10.0 Å². The number of halogens is 1. The molecule has 2 heterocycles. The van der Waals surface area contributed by atoms with Crippen LogP contribution >= 0.6 is 11.6 Å². The highest BCUT2D eigenvalue weighted by molar-refractivity contribution is 7.92. The van der Waals surface area contributed by atoms with E-state index in [4.69, 9.17) is 11.6 Å². The van der Waals surface area contributed by atoms with Gasteiger partial charge in [0.15, 0.2) is 0 Å². The quantitative estimate of drug-likeness (QED) is 0.448. The van der Waals surface area contributed by atoms with Crippen LogP contribution in [-0.2, 0) is 15.4 Å². The minimum atomic E-state index is -3.81. The second kappa shape index (κ2) is 8.73. The number of nitrogens with zero attached hydrogens (tertiary/aromatic N) is 2. The molecule has 1 N–H and O–H groups in total. The van der Waals surface area contributed by atoms with Crippen LogP contribution in [0.1, 0.15) is 39.0 Å². The number of fused-ring (bicyclic) bond motifs is 1. The third-order valence-corrected chi connectivity index (χ3v) is 6.55. The van der Waals surface area contributed by atoms with Gasteiger partial charge in [-0.2, -0.15) is 5.10 Å². The molecule has 2 aromatic heterocycles. The molecular weight excluding hydrogens is 430 g/mol. The molecule has 0 spiro atoms. The van der Waals surface area contributed by atoms with Gasteiger partial charge in [-0.3, -0.25) is 4.72 Å². The highest BCUT2D eigenvalue weighted by atomic mass is 35.5. The smallest absolute Gasteiger partial charge is 0.263 e. The number of rotatable bonds is 6. The molecule has 1 aromatic carbocycles. The normalized spacial score (nSPS) is 13.1. The fourth-order valence-corrected chi connectivity index (χ4v) is 4.33. The summed E-state index contributed by atoms with van der Waals surface area (Å²) in [6, 6.07) is 12.0. The second-order valence-electron chi connectivity index (χ2n) is 8.11. The van der Waals surface area contributed by atoms with E-state index in [2.05, 4.69) is 37.2 Å². The van der Waals surface area contributed by atoms with Crippen molar-refractivity contribution in [3.63, 3.8) is 0 Å². The first-order valence-electron chi connectivity index (χ1n) is 9.84. The molecule has 31 heavy (non-hydrogen) atoms. The number of aromatic nitrogens is 2. The Morgan fingerprint density at radius 3 is 2.42 bits per heavy atom. The SMILES string of the molecule is C=C/C=C\C(=C/C)c1cc2c(Cl)ccc(NS(=O)(=O)c3ccc(C(C)(C)C)cc3)n2n1. The average Bonchev–Trinajstić information content (AvgIpc) is 3.16. The van der Waals surface area contributed by atoms with E-state index in [1.165, 1.54) is 4.52 Å². The number of anilines is 1. The maximum atomic E-state index is 13.0. The van der Waals surface area contributed by atoms with E-state index in [0.717, 1.165) is 11.1 Å². The predicted octanol–water partition coefficient (Wildman–Crippen LogP) is 6.23. The number of benzene rings is 1. The summed E-state index contributed by atoms with van der Waals surface area (Å²) in [6.07, 6.45) is 7.28. The number of nitrogens with one attached hydrogen (secondary N) is 1. The minimum Gasteiger partial charge on any atom is -0.263 e. The molecule has 0 fully saturated rings. The summed E-state index contributed by atoms with van der Waals surface area (Å²) in [4.78, 5) is 0.180. The summed E-state index contributed by atoms with van der Waals surface area (Å²) in [7, 11) is -3.81. The van der Waals surface area contributed by atoms with Crippen molar-refractivity contribution in [3.8, 4) is 0 Å². The molecule has 3 aromatic rings. The zero-order chi connectivity index (χ0) is 22.8. The average molecular weight is 456 g/mol. The lowest BCUT2D eigenvalue weighted by Gasteiger charge is -2.19. The Balaban J connectivity index is 2.02. The fourth-order valence-electron chi connectivity index (χ4n) is 3.09. The molecule has 0 unspecified atom stereocenters. The molecule has 162 valence electrons. The lowest BCUT2D eigenvalue weighted by Crippen LogP contribution is -2.16. The van der Waals surface area contributed by atoms with Gasteiger partial charge in [-0.15, -0.1) is 0 Å². The van der Waals surface area contributed by atoms with Gasteiger partial charge in [0.05, 0.1) is 21.1 Å². The van der Waals surface area contributed by atoms with E-state index in [1.807, 2.05) is 43.4 Å². The molecule has 3 rings (SSSR count). The molecule has 5 nitrogen and oxygen atoms in total. The zero-order valence-corrected chi connectivity index (χ0v) is 19.6. The predicted molar refractivity (Wildman–Crippen MR) is 129 cm³/mol. The van der Waals surface area contributed by atoms with Crippen LogP contribution in [-0.4, -0.2) is 18.0 Å². The monoisotopic (exact) mass is 455 g/mol. The van der Waals surface area contributed by atoms with Crippen molar-refractivity contribution in [2.75, 3.05) is 4.72 Å². The van der Waals surface area contributed by atoms with Crippen molar-refractivity contribution in [2.24, 2.45) is 0 Å². The van der Waals surface area contributed by atoms with Crippen LogP contribution in [0.2, 0.25) is 5.02 Å². The Kier molecular flexibility index (Phi) is 6.43. The molecular formula is C24H26ClN3O2S. The summed E-state index contributed by atoms with van der Waals surface area (Å²) in [5.74, 6) is 0.300. The molecule has 0 saturated carbocycles. The van der Waals surface area contributed by atoms with Gasteiger partial charge in [-0.25, -0.2) is 12.9 Å². The number of allylic oxidation sites excluding steroid dienone is 5. The molecule has 0 bridgehead atoms. The molecule has 0 atom stereocenters. The van der Waals surface area contributed by atoms with Crippen LogP contribution in [0.5, 0.6) is 0 Å². The van der Waals surface area contributed by atoms with Crippen molar-refractivity contribution in [1.29, 1.82) is 0 Å². The van der Waals surface area contributed by atoms with Crippen LogP contribution in [0.15, 0.2) is 78.2 Å². The number of pyridine rings is 1. The zero-order valence-electron chi connectivity index (χ0n) is 18.1. The molecule has 7 heteroatoms. The largest absolute Gasteiger partial charge is 0.263 e. The highest BCUT2D eigenvalue weighted by Gasteiger charge is 2.20. The summed E-state index contributed by atoms with van der Waals surface area (Å²) in [5, 5.41) is 5.04. The first-order valence-corrected chi connectivity index (χ1v) is 11.7. The van der Waals surface area contributed by atoms with E-state index in [9.17, 15) is 8.42 Å². The molecule has 0 amide bonds. The highest BCUT2D eigenvalue weighted by Crippen LogP contribution is 2.28. The van der Waals surface area contributed by atoms with Crippen molar-refractivity contribution in [2.45, 2.75) is 38.0 Å². The molecule has 0 saturated heterocycles. The Bertz CT molecular complexity index is 1280. The molecule has 0 aliphatic carbocycles. The third kappa shape index (κ3) is 4.92. The fraction of sp³-hybridized carbons (Fsp3) is 0.208. The number of hydrogen-bond acceptors (Lipinski definition) is 3. The Morgan fingerprint density at radius 1 is 1.16 bits per heavy atom. The number of hydrogen-bond donors (Lipinski definition) is 1. The summed E-state index contributed by atoms with van der Waals surface area (Å²) < 4.78 is 30.2. The van der Waals surface area contributed by atoms with Gasteiger partial charge in [0, 0.05) is 0 Å². The van der Waals surface area contributed by atoms with Gasteiger partial charge in [-0.05, 0) is 53.8 Å². The van der Waals surface area contributed by atoms with Crippen molar-refractivity contribution < 1.29 is 8.42 Å². The van der Waals surface area contributed by atoms with Gasteiger partial charge in [0.2, 0.25) is 0 Å². The lowest BCUT2D eigenvalue weighted by molar-refractivity contribution is 0.587. The van der Waals surface area contributed by atoms with E-state index in [0.29, 0.717) is 22.1 Å². The Morgan fingerprint density at radius 2 is 1.84 bits per heavy atom. The first-order chi connectivity index (χ1) is 14.6. The van der Waals surface area contributed by atoms with Crippen LogP contribution < -0.4 is 4.72 Å².